The van der Waals surface area contributed by atoms with Crippen LogP contribution < -0.4 is 15.0 Å². The molecular weight excluding hydrogens is 300 g/mol. The molecule has 0 bridgehead atoms. The Labute approximate surface area is 135 Å². The number of benzene rings is 1. The Morgan fingerprint density at radius 3 is 3.05 bits per heavy atom. The zero-order valence-electron chi connectivity index (χ0n) is 12.5. The van der Waals surface area contributed by atoms with Gasteiger partial charge in [0.2, 0.25) is 5.88 Å². The summed E-state index contributed by atoms with van der Waals surface area (Å²) in [7, 11) is 0. The van der Waals surface area contributed by atoms with E-state index in [1.165, 1.54) is 0 Å². The highest BCUT2D eigenvalue weighted by atomic mass is 35.5. The molecule has 1 atom stereocenters. The maximum absolute atomic E-state index is 6.13. The minimum Gasteiger partial charge on any atom is -0.472 e. The molecule has 1 N–H and O–H groups in total. The van der Waals surface area contributed by atoms with Gasteiger partial charge in [-0.15, -0.1) is 0 Å². The van der Waals surface area contributed by atoms with Gasteiger partial charge in [0, 0.05) is 36.3 Å². The number of ether oxygens (including phenoxy) is 1. The van der Waals surface area contributed by atoms with Gasteiger partial charge in [-0.3, -0.25) is 4.98 Å². The molecule has 0 saturated carbocycles. The Bertz CT molecular complexity index is 637. The summed E-state index contributed by atoms with van der Waals surface area (Å²) < 4.78 is 5.74. The number of halogens is 1. The first kappa shape index (κ1) is 15.1. The maximum Gasteiger partial charge on any atom is 0.234 e. The maximum atomic E-state index is 6.13. The predicted molar refractivity (Wildman–Crippen MR) is 87.5 cm³/mol. The molecule has 1 aliphatic heterocycles. The van der Waals surface area contributed by atoms with E-state index in [2.05, 4.69) is 27.1 Å². The van der Waals surface area contributed by atoms with Crippen molar-refractivity contribution in [3.05, 3.63) is 47.2 Å². The van der Waals surface area contributed by atoms with Crippen molar-refractivity contribution in [3.8, 4) is 5.88 Å². The second kappa shape index (κ2) is 6.94. The molecule has 5 nitrogen and oxygen atoms in total. The summed E-state index contributed by atoms with van der Waals surface area (Å²) in [6.07, 6.45) is 3.41. The lowest BCUT2D eigenvalue weighted by Gasteiger charge is -2.34. The first-order valence-corrected chi connectivity index (χ1v) is 7.77. The van der Waals surface area contributed by atoms with Gasteiger partial charge in [0.05, 0.1) is 12.4 Å². The fourth-order valence-corrected chi connectivity index (χ4v) is 2.69. The third-order valence-electron chi connectivity index (χ3n) is 3.73. The second-order valence-electron chi connectivity index (χ2n) is 5.34. The Kier molecular flexibility index (Phi) is 4.75. The highest BCUT2D eigenvalue weighted by molar-refractivity contribution is 6.31. The summed E-state index contributed by atoms with van der Waals surface area (Å²) in [6, 6.07) is 8.03. The standard InChI is InChI=1S/C16H19ClN4O/c1-12-8-18-6-7-21(12)15-9-19-10-16(20-15)22-11-13-4-2-3-5-14(13)17/h2-5,9-10,12,18H,6-8,11H2,1H3/t12-/m1/s1. The van der Waals surface area contributed by atoms with E-state index in [1.54, 1.807) is 12.4 Å². The van der Waals surface area contributed by atoms with E-state index < -0.39 is 0 Å². The number of nitrogens with one attached hydrogen (secondary N) is 1. The van der Waals surface area contributed by atoms with Crippen LogP contribution in [0.4, 0.5) is 5.82 Å². The van der Waals surface area contributed by atoms with Gasteiger partial charge in [0.15, 0.2) is 5.82 Å². The summed E-state index contributed by atoms with van der Waals surface area (Å²) in [5.74, 6) is 1.37. The molecule has 0 radical (unpaired) electrons. The number of nitrogens with zero attached hydrogens (tertiary/aromatic N) is 3. The minimum atomic E-state index is 0.384. The lowest BCUT2D eigenvalue weighted by Crippen LogP contribution is -2.50. The van der Waals surface area contributed by atoms with Crippen LogP contribution in [0.2, 0.25) is 5.02 Å². The molecule has 1 aromatic heterocycles. The van der Waals surface area contributed by atoms with Crippen molar-refractivity contribution in [2.24, 2.45) is 0 Å². The first-order valence-electron chi connectivity index (χ1n) is 7.39. The number of hydrogen-bond acceptors (Lipinski definition) is 5. The van der Waals surface area contributed by atoms with Crippen LogP contribution in [0.15, 0.2) is 36.7 Å². The van der Waals surface area contributed by atoms with E-state index in [4.69, 9.17) is 16.3 Å². The third kappa shape index (κ3) is 3.48. The number of piperazine rings is 1. The zero-order chi connectivity index (χ0) is 15.4. The van der Waals surface area contributed by atoms with Crippen molar-refractivity contribution >= 4 is 17.4 Å². The van der Waals surface area contributed by atoms with Gasteiger partial charge in [0.1, 0.15) is 6.61 Å². The Morgan fingerprint density at radius 1 is 1.36 bits per heavy atom. The first-order chi connectivity index (χ1) is 10.7. The van der Waals surface area contributed by atoms with Crippen molar-refractivity contribution in [2.75, 3.05) is 24.5 Å². The molecule has 1 aromatic carbocycles. The molecule has 1 aliphatic rings. The average molecular weight is 319 g/mol. The normalized spacial score (nSPS) is 18.3. The van der Waals surface area contributed by atoms with Gasteiger partial charge < -0.3 is 15.0 Å². The number of anilines is 1. The molecule has 1 saturated heterocycles. The van der Waals surface area contributed by atoms with Crippen molar-refractivity contribution in [1.82, 2.24) is 15.3 Å². The van der Waals surface area contributed by atoms with Crippen LogP contribution in [0.1, 0.15) is 12.5 Å². The largest absolute Gasteiger partial charge is 0.472 e. The van der Waals surface area contributed by atoms with Gasteiger partial charge in [-0.05, 0) is 13.0 Å². The van der Waals surface area contributed by atoms with E-state index >= 15 is 0 Å². The molecule has 0 spiro atoms. The lowest BCUT2D eigenvalue weighted by atomic mass is 10.2. The van der Waals surface area contributed by atoms with E-state index in [9.17, 15) is 0 Å². The molecule has 3 rings (SSSR count). The fourth-order valence-electron chi connectivity index (χ4n) is 2.49. The summed E-state index contributed by atoms with van der Waals surface area (Å²) in [5.41, 5.74) is 0.937. The topological polar surface area (TPSA) is 50.3 Å². The second-order valence-corrected chi connectivity index (χ2v) is 5.75. The van der Waals surface area contributed by atoms with Gasteiger partial charge in [0.25, 0.3) is 0 Å². The molecule has 0 unspecified atom stereocenters. The third-order valence-corrected chi connectivity index (χ3v) is 4.10. The van der Waals surface area contributed by atoms with Crippen LogP contribution in [-0.4, -0.2) is 35.6 Å². The van der Waals surface area contributed by atoms with Crippen LogP contribution in [0.5, 0.6) is 5.88 Å². The Balaban J connectivity index is 1.70. The van der Waals surface area contributed by atoms with Crippen molar-refractivity contribution in [1.29, 1.82) is 0 Å². The quantitative estimate of drug-likeness (QED) is 0.938. The van der Waals surface area contributed by atoms with Crippen molar-refractivity contribution < 1.29 is 4.74 Å². The molecule has 22 heavy (non-hydrogen) atoms. The zero-order valence-corrected chi connectivity index (χ0v) is 13.3. The highest BCUT2D eigenvalue weighted by Gasteiger charge is 2.19. The lowest BCUT2D eigenvalue weighted by molar-refractivity contribution is 0.292. The van der Waals surface area contributed by atoms with Crippen molar-refractivity contribution in [3.63, 3.8) is 0 Å². The number of aromatic nitrogens is 2. The van der Waals surface area contributed by atoms with Crippen LogP contribution in [0.25, 0.3) is 0 Å². The van der Waals surface area contributed by atoms with Gasteiger partial charge in [-0.2, -0.15) is 4.98 Å². The van der Waals surface area contributed by atoms with Crippen LogP contribution in [0.3, 0.4) is 0 Å². The van der Waals surface area contributed by atoms with E-state index in [0.29, 0.717) is 23.6 Å². The monoisotopic (exact) mass is 318 g/mol. The van der Waals surface area contributed by atoms with Crippen LogP contribution >= 0.6 is 11.6 Å². The predicted octanol–water partition coefficient (Wildman–Crippen LogP) is 2.51. The molecule has 1 fully saturated rings. The highest BCUT2D eigenvalue weighted by Crippen LogP contribution is 2.20. The SMILES string of the molecule is C[C@@H]1CNCCN1c1cncc(OCc2ccccc2Cl)n1. The summed E-state index contributed by atoms with van der Waals surface area (Å²) >= 11 is 6.13. The summed E-state index contributed by atoms with van der Waals surface area (Å²) in [5, 5.41) is 4.06. The minimum absolute atomic E-state index is 0.384. The average Bonchev–Trinajstić information content (AvgIpc) is 2.55. The smallest absolute Gasteiger partial charge is 0.234 e. The fraction of sp³-hybridized carbons (Fsp3) is 0.375. The van der Waals surface area contributed by atoms with Crippen molar-refractivity contribution in [2.45, 2.75) is 19.6 Å². The van der Waals surface area contributed by atoms with Crippen LogP contribution in [0, 0.1) is 0 Å². The summed E-state index contributed by atoms with van der Waals surface area (Å²) in [6.45, 7) is 5.38. The Hall–Kier alpha value is -1.85. The number of hydrogen-bond donors (Lipinski definition) is 1. The summed E-state index contributed by atoms with van der Waals surface area (Å²) in [4.78, 5) is 11.1. The molecule has 116 valence electrons. The van der Waals surface area contributed by atoms with E-state index in [-0.39, 0.29) is 0 Å². The van der Waals surface area contributed by atoms with Gasteiger partial charge in [-0.25, -0.2) is 0 Å². The number of rotatable bonds is 4. The van der Waals surface area contributed by atoms with E-state index in [1.807, 2.05) is 24.3 Å². The molecule has 6 heteroatoms. The van der Waals surface area contributed by atoms with Gasteiger partial charge >= 0.3 is 0 Å². The molecular formula is C16H19ClN4O. The molecule has 0 amide bonds. The molecule has 0 aliphatic carbocycles. The van der Waals surface area contributed by atoms with E-state index in [0.717, 1.165) is 31.0 Å². The Morgan fingerprint density at radius 2 is 2.23 bits per heavy atom. The molecule has 2 heterocycles. The van der Waals surface area contributed by atoms with Gasteiger partial charge in [-0.1, -0.05) is 29.8 Å². The molecule has 2 aromatic rings. The van der Waals surface area contributed by atoms with Crippen LogP contribution in [-0.2, 0) is 6.61 Å².